The summed E-state index contributed by atoms with van der Waals surface area (Å²) in [6.45, 7) is 8.32. The number of nitrogens with zero attached hydrogens (tertiary/aromatic N) is 4. The maximum atomic E-state index is 12.3. The Kier molecular flexibility index (Phi) is 5.51. The van der Waals surface area contributed by atoms with Crippen LogP contribution in [0.4, 0.5) is 16.2 Å². The molecule has 2 aromatic rings. The molecule has 0 unspecified atom stereocenters. The van der Waals surface area contributed by atoms with Crippen molar-refractivity contribution >= 4 is 23.4 Å². The second kappa shape index (κ2) is 8.13. The molecule has 9 nitrogen and oxygen atoms in total. The molecule has 0 spiro atoms. The van der Waals surface area contributed by atoms with Crippen LogP contribution in [0.5, 0.6) is 0 Å². The minimum atomic E-state index is -0.488. The third-order valence-corrected chi connectivity index (χ3v) is 5.28. The third kappa shape index (κ3) is 5.10. The van der Waals surface area contributed by atoms with Crippen molar-refractivity contribution in [2.24, 2.45) is 0 Å². The number of nitrogens with two attached hydrogens (primary N) is 1. The first-order chi connectivity index (χ1) is 14.7. The van der Waals surface area contributed by atoms with Gasteiger partial charge in [-0.1, -0.05) is 0 Å². The third-order valence-electron chi connectivity index (χ3n) is 5.28. The summed E-state index contributed by atoms with van der Waals surface area (Å²) < 4.78 is 7.08. The molecule has 31 heavy (non-hydrogen) atoms. The summed E-state index contributed by atoms with van der Waals surface area (Å²) in [6, 6.07) is 8.18. The van der Waals surface area contributed by atoms with Crippen LogP contribution >= 0.6 is 0 Å². The molecule has 0 atom stereocenters. The van der Waals surface area contributed by atoms with E-state index in [0.29, 0.717) is 18.8 Å². The van der Waals surface area contributed by atoms with Gasteiger partial charge in [0.05, 0.1) is 17.6 Å². The highest BCUT2D eigenvalue weighted by Crippen LogP contribution is 2.23. The fourth-order valence-corrected chi connectivity index (χ4v) is 3.47. The van der Waals surface area contributed by atoms with Crippen LogP contribution in [-0.2, 0) is 4.74 Å². The number of piperazine rings is 1. The fraction of sp³-hybridized carbons (Fsp3) is 0.500. The van der Waals surface area contributed by atoms with Crippen LogP contribution in [0.3, 0.4) is 0 Å². The van der Waals surface area contributed by atoms with Gasteiger partial charge in [-0.25, -0.2) is 9.48 Å². The Labute approximate surface area is 182 Å². The highest BCUT2D eigenvalue weighted by Gasteiger charge is 2.27. The fourth-order valence-electron chi connectivity index (χ4n) is 3.47. The maximum Gasteiger partial charge on any atom is 0.410 e. The predicted molar refractivity (Wildman–Crippen MR) is 118 cm³/mol. The highest BCUT2D eigenvalue weighted by atomic mass is 16.6. The summed E-state index contributed by atoms with van der Waals surface area (Å²) in [5, 5.41) is 7.28. The average molecular weight is 427 g/mol. The molecular weight excluding hydrogens is 396 g/mol. The van der Waals surface area contributed by atoms with E-state index in [9.17, 15) is 9.59 Å². The Balaban J connectivity index is 1.37. The summed E-state index contributed by atoms with van der Waals surface area (Å²) in [6.07, 6.45) is 3.43. The number of carbonyl (C=O) groups excluding carboxylic acids is 2. The van der Waals surface area contributed by atoms with Crippen LogP contribution in [0.25, 0.3) is 5.69 Å². The quantitative estimate of drug-likeness (QED) is 0.778. The Hall–Kier alpha value is -3.23. The minimum absolute atomic E-state index is 0.224. The monoisotopic (exact) mass is 426 g/mol. The van der Waals surface area contributed by atoms with Gasteiger partial charge >= 0.3 is 6.09 Å². The summed E-state index contributed by atoms with van der Waals surface area (Å²) in [7, 11) is 0. The van der Waals surface area contributed by atoms with Crippen LogP contribution in [0.1, 0.15) is 44.1 Å². The van der Waals surface area contributed by atoms with E-state index in [1.54, 1.807) is 15.8 Å². The number of anilines is 2. The standard InChI is InChI=1S/C22H30N6O3/c1-22(2,3)31-21(30)27-12-10-26(11-13-27)16-6-8-17(9-7-16)28-14-18(23)19(25-28)20(29)24-15-4-5-15/h6-9,14-15H,4-5,10-13,23H2,1-3H3,(H,24,29). The van der Waals surface area contributed by atoms with Gasteiger partial charge in [-0.05, 0) is 57.9 Å². The van der Waals surface area contributed by atoms with Gasteiger partial charge in [0.2, 0.25) is 0 Å². The normalized spacial score (nSPS) is 16.9. The number of carbonyl (C=O) groups is 2. The first-order valence-corrected chi connectivity index (χ1v) is 10.7. The van der Waals surface area contributed by atoms with Crippen molar-refractivity contribution in [3.63, 3.8) is 0 Å². The zero-order valence-electron chi connectivity index (χ0n) is 18.3. The molecule has 2 fully saturated rings. The van der Waals surface area contributed by atoms with E-state index in [1.165, 1.54) is 0 Å². The van der Waals surface area contributed by atoms with Crippen molar-refractivity contribution in [3.8, 4) is 5.69 Å². The molecule has 1 aromatic carbocycles. The molecule has 2 aliphatic rings. The lowest BCUT2D eigenvalue weighted by molar-refractivity contribution is 0.0240. The molecule has 4 rings (SSSR count). The van der Waals surface area contributed by atoms with Gasteiger partial charge in [-0.3, -0.25) is 4.79 Å². The maximum absolute atomic E-state index is 12.3. The summed E-state index contributed by atoms with van der Waals surface area (Å²) >= 11 is 0. The number of ether oxygens (including phenoxy) is 1. The van der Waals surface area contributed by atoms with Gasteiger partial charge in [0, 0.05) is 37.9 Å². The molecule has 9 heteroatoms. The van der Waals surface area contributed by atoms with E-state index in [-0.39, 0.29) is 23.7 Å². The lowest BCUT2D eigenvalue weighted by atomic mass is 10.2. The lowest BCUT2D eigenvalue weighted by Gasteiger charge is -2.36. The van der Waals surface area contributed by atoms with E-state index in [2.05, 4.69) is 15.3 Å². The molecule has 3 N–H and O–H groups in total. The molecule has 0 bridgehead atoms. The van der Waals surface area contributed by atoms with Crippen molar-refractivity contribution in [1.82, 2.24) is 20.0 Å². The van der Waals surface area contributed by atoms with E-state index in [1.807, 2.05) is 45.0 Å². The largest absolute Gasteiger partial charge is 0.444 e. The highest BCUT2D eigenvalue weighted by molar-refractivity contribution is 5.97. The minimum Gasteiger partial charge on any atom is -0.444 e. The molecule has 1 aromatic heterocycles. The SMILES string of the molecule is CC(C)(C)OC(=O)N1CCN(c2ccc(-n3cc(N)c(C(=O)NC4CC4)n3)cc2)CC1. The van der Waals surface area contributed by atoms with Crippen molar-refractivity contribution in [1.29, 1.82) is 0 Å². The van der Waals surface area contributed by atoms with Crippen molar-refractivity contribution in [2.45, 2.75) is 45.3 Å². The number of nitrogen functional groups attached to an aromatic ring is 1. The van der Waals surface area contributed by atoms with Gasteiger partial charge in [0.15, 0.2) is 5.69 Å². The zero-order valence-corrected chi connectivity index (χ0v) is 18.3. The number of hydrogen-bond donors (Lipinski definition) is 2. The average Bonchev–Trinajstić information content (AvgIpc) is 3.45. The van der Waals surface area contributed by atoms with E-state index in [4.69, 9.17) is 10.5 Å². The van der Waals surface area contributed by atoms with E-state index < -0.39 is 5.60 Å². The molecule has 1 aliphatic heterocycles. The van der Waals surface area contributed by atoms with Gasteiger partial charge in [-0.15, -0.1) is 0 Å². The summed E-state index contributed by atoms with van der Waals surface area (Å²) in [5.74, 6) is -0.224. The van der Waals surface area contributed by atoms with E-state index in [0.717, 1.165) is 37.3 Å². The van der Waals surface area contributed by atoms with Crippen molar-refractivity contribution in [2.75, 3.05) is 36.8 Å². The molecule has 1 saturated heterocycles. The number of rotatable bonds is 4. The summed E-state index contributed by atoms with van der Waals surface area (Å²) in [4.78, 5) is 28.5. The second-order valence-corrected chi connectivity index (χ2v) is 9.10. The Morgan fingerprint density at radius 1 is 1.06 bits per heavy atom. The van der Waals surface area contributed by atoms with Crippen molar-refractivity contribution < 1.29 is 14.3 Å². The summed E-state index contributed by atoms with van der Waals surface area (Å²) in [5.41, 5.74) is 8.03. The second-order valence-electron chi connectivity index (χ2n) is 9.10. The molecule has 2 amide bonds. The molecule has 1 aliphatic carbocycles. The first kappa shape index (κ1) is 21.0. The zero-order chi connectivity index (χ0) is 22.2. The number of aromatic nitrogens is 2. The molecule has 0 radical (unpaired) electrons. The van der Waals surface area contributed by atoms with Crippen LogP contribution in [0, 0.1) is 0 Å². The first-order valence-electron chi connectivity index (χ1n) is 10.7. The van der Waals surface area contributed by atoms with Crippen LogP contribution in [0.2, 0.25) is 0 Å². The Morgan fingerprint density at radius 2 is 1.68 bits per heavy atom. The van der Waals surface area contributed by atoms with Crippen LogP contribution < -0.4 is 16.0 Å². The van der Waals surface area contributed by atoms with Gasteiger partial charge in [-0.2, -0.15) is 5.10 Å². The number of benzene rings is 1. The number of hydrogen-bond acceptors (Lipinski definition) is 6. The molecule has 166 valence electrons. The topological polar surface area (TPSA) is 106 Å². The molecule has 2 heterocycles. The molecular formula is C22H30N6O3. The Bertz CT molecular complexity index is 951. The van der Waals surface area contributed by atoms with Gasteiger partial charge in [0.1, 0.15) is 5.60 Å². The number of amides is 2. The van der Waals surface area contributed by atoms with Crippen molar-refractivity contribution in [3.05, 3.63) is 36.2 Å². The Morgan fingerprint density at radius 3 is 2.26 bits per heavy atom. The van der Waals surface area contributed by atoms with Gasteiger partial charge < -0.3 is 25.6 Å². The predicted octanol–water partition coefficient (Wildman–Crippen LogP) is 2.40. The number of nitrogens with one attached hydrogen (secondary N) is 1. The molecule has 1 saturated carbocycles. The smallest absolute Gasteiger partial charge is 0.410 e. The van der Waals surface area contributed by atoms with Gasteiger partial charge in [0.25, 0.3) is 5.91 Å². The van der Waals surface area contributed by atoms with E-state index >= 15 is 0 Å². The van der Waals surface area contributed by atoms with Crippen LogP contribution in [0.15, 0.2) is 30.5 Å². The lowest BCUT2D eigenvalue weighted by Crippen LogP contribution is -2.50. The van der Waals surface area contributed by atoms with Crippen LogP contribution in [-0.4, -0.2) is 64.5 Å².